The molecule has 2 aromatic heterocycles. The topological polar surface area (TPSA) is 115 Å². The molecule has 2 heterocycles. The summed E-state index contributed by atoms with van der Waals surface area (Å²) in [6.07, 6.45) is 1.88. The minimum absolute atomic E-state index is 0.0370. The molecule has 28 heavy (non-hydrogen) atoms. The lowest BCUT2D eigenvalue weighted by Crippen LogP contribution is -2.14. The Morgan fingerprint density at radius 2 is 1.93 bits per heavy atom. The van der Waals surface area contributed by atoms with Crippen molar-refractivity contribution in [1.82, 2.24) is 19.6 Å². The molecular weight excluding hydrogens is 462 g/mol. The smallest absolute Gasteiger partial charge is 0.234 e. The van der Waals surface area contributed by atoms with Crippen molar-refractivity contribution in [3.63, 3.8) is 0 Å². The van der Waals surface area contributed by atoms with E-state index >= 15 is 0 Å². The van der Waals surface area contributed by atoms with E-state index in [9.17, 15) is 13.2 Å². The maximum Gasteiger partial charge on any atom is 0.234 e. The molecule has 1 aromatic carbocycles. The Balaban J connectivity index is 1.62. The van der Waals surface area contributed by atoms with Gasteiger partial charge in [-0.25, -0.2) is 13.4 Å². The summed E-state index contributed by atoms with van der Waals surface area (Å²) in [4.78, 5) is 16.4. The van der Waals surface area contributed by atoms with Gasteiger partial charge in [-0.05, 0) is 54.2 Å². The van der Waals surface area contributed by atoms with Gasteiger partial charge in [0.15, 0.2) is 14.5 Å². The summed E-state index contributed by atoms with van der Waals surface area (Å²) >= 11 is 9.60. The van der Waals surface area contributed by atoms with Crippen LogP contribution in [0.15, 0.2) is 55.8 Å². The first-order valence-electron chi connectivity index (χ1n) is 7.53. The number of hydrogen-bond acceptors (Lipinski definition) is 10. The highest BCUT2D eigenvalue weighted by atomic mass is 35.5. The lowest BCUT2D eigenvalue weighted by Gasteiger charge is -2.06. The van der Waals surface area contributed by atoms with E-state index in [0.29, 0.717) is 15.2 Å². The van der Waals surface area contributed by atoms with Gasteiger partial charge >= 0.3 is 0 Å². The minimum Gasteiger partial charge on any atom is -0.325 e. The van der Waals surface area contributed by atoms with Crippen molar-refractivity contribution in [1.29, 1.82) is 0 Å². The average molecular weight is 474 g/mol. The van der Waals surface area contributed by atoms with E-state index in [1.54, 1.807) is 0 Å². The number of carbonyl (C=O) groups is 1. The molecule has 0 bridgehead atoms. The summed E-state index contributed by atoms with van der Waals surface area (Å²) in [5, 5.41) is 10.4. The number of thioether (sulfide) groups is 2. The molecule has 0 aliphatic rings. The van der Waals surface area contributed by atoms with Crippen molar-refractivity contribution in [2.75, 3.05) is 17.3 Å². The summed E-state index contributed by atoms with van der Waals surface area (Å²) in [5.41, 5.74) is 0.480. The zero-order valence-corrected chi connectivity index (χ0v) is 18.2. The standard InChI is InChI=1S/C15H12ClN5O3S4/c1-25-14-18-15(27-21-14)26-8-12(22)17-9-2-4-10(5-3-9)28(23,24)13-7-6-11(16)19-20-13/h2-7H,8H2,1H3,(H,17,22). The van der Waals surface area contributed by atoms with Gasteiger partial charge in [-0.3, -0.25) is 4.79 Å². The molecule has 0 saturated carbocycles. The quantitative estimate of drug-likeness (QED) is 0.516. The fourth-order valence-corrected chi connectivity index (χ4v) is 5.19. The number of aromatic nitrogens is 4. The van der Waals surface area contributed by atoms with Crippen LogP contribution in [0.5, 0.6) is 0 Å². The van der Waals surface area contributed by atoms with E-state index in [0.717, 1.165) is 0 Å². The molecular formula is C15H12ClN5O3S4. The van der Waals surface area contributed by atoms with Gasteiger partial charge in [0.05, 0.1) is 10.6 Å². The van der Waals surface area contributed by atoms with Gasteiger partial charge in [0, 0.05) is 5.69 Å². The van der Waals surface area contributed by atoms with Crippen molar-refractivity contribution in [2.45, 2.75) is 19.4 Å². The van der Waals surface area contributed by atoms with Crippen LogP contribution < -0.4 is 5.32 Å². The molecule has 0 radical (unpaired) electrons. The highest BCUT2D eigenvalue weighted by molar-refractivity contribution is 8.01. The molecule has 13 heteroatoms. The van der Waals surface area contributed by atoms with E-state index in [-0.39, 0.29) is 26.7 Å². The van der Waals surface area contributed by atoms with E-state index < -0.39 is 9.84 Å². The predicted molar refractivity (Wildman–Crippen MR) is 110 cm³/mol. The number of nitrogens with zero attached hydrogens (tertiary/aromatic N) is 4. The largest absolute Gasteiger partial charge is 0.325 e. The number of rotatable bonds is 7. The van der Waals surface area contributed by atoms with Gasteiger partial charge in [0.2, 0.25) is 20.9 Å². The summed E-state index contributed by atoms with van der Waals surface area (Å²) < 4.78 is 29.9. The van der Waals surface area contributed by atoms with E-state index in [1.165, 1.54) is 71.5 Å². The van der Waals surface area contributed by atoms with Crippen LogP contribution in [0.4, 0.5) is 5.69 Å². The number of carbonyl (C=O) groups excluding carboxylic acids is 1. The second-order valence-corrected chi connectivity index (χ2v) is 10.1. The van der Waals surface area contributed by atoms with E-state index in [4.69, 9.17) is 11.6 Å². The molecule has 8 nitrogen and oxygen atoms in total. The van der Waals surface area contributed by atoms with Gasteiger partial charge in [-0.1, -0.05) is 35.1 Å². The van der Waals surface area contributed by atoms with Crippen LogP contribution in [-0.4, -0.2) is 45.9 Å². The molecule has 0 spiro atoms. The van der Waals surface area contributed by atoms with Crippen LogP contribution in [0.2, 0.25) is 5.15 Å². The fraction of sp³-hybridized carbons (Fsp3) is 0.133. The molecule has 146 valence electrons. The Morgan fingerprint density at radius 1 is 1.18 bits per heavy atom. The number of sulfone groups is 1. The van der Waals surface area contributed by atoms with Crippen LogP contribution in [0.25, 0.3) is 0 Å². The van der Waals surface area contributed by atoms with Crippen LogP contribution in [-0.2, 0) is 14.6 Å². The molecule has 0 fully saturated rings. The number of nitrogens with one attached hydrogen (secondary N) is 1. The first kappa shape index (κ1) is 21.0. The normalized spacial score (nSPS) is 11.4. The monoisotopic (exact) mass is 473 g/mol. The Hall–Kier alpha value is -1.73. The van der Waals surface area contributed by atoms with Crippen molar-refractivity contribution >= 4 is 68.1 Å². The number of halogens is 1. The number of amides is 1. The average Bonchev–Trinajstić information content (AvgIpc) is 3.15. The summed E-state index contributed by atoms with van der Waals surface area (Å²) in [7, 11) is -3.81. The maximum absolute atomic E-state index is 12.5. The van der Waals surface area contributed by atoms with Crippen LogP contribution >= 0.6 is 46.7 Å². The third-order valence-corrected chi connectivity index (χ3v) is 7.59. The zero-order chi connectivity index (χ0) is 20.1. The Kier molecular flexibility index (Phi) is 6.88. The molecule has 0 unspecified atom stereocenters. The van der Waals surface area contributed by atoms with Gasteiger partial charge in [-0.15, -0.1) is 10.2 Å². The molecule has 0 aliphatic heterocycles. The minimum atomic E-state index is -3.81. The summed E-state index contributed by atoms with van der Waals surface area (Å²) in [5.74, 6) is -0.0613. The Morgan fingerprint density at radius 3 is 2.54 bits per heavy atom. The van der Waals surface area contributed by atoms with E-state index in [1.807, 2.05) is 6.26 Å². The van der Waals surface area contributed by atoms with Gasteiger partial charge in [0.1, 0.15) is 0 Å². The highest BCUT2D eigenvalue weighted by Crippen LogP contribution is 2.24. The maximum atomic E-state index is 12.5. The molecule has 3 rings (SSSR count). The summed E-state index contributed by atoms with van der Waals surface area (Å²) in [6.45, 7) is 0. The molecule has 3 aromatic rings. The van der Waals surface area contributed by atoms with Gasteiger partial charge in [0.25, 0.3) is 0 Å². The van der Waals surface area contributed by atoms with Crippen molar-refractivity contribution in [3.05, 3.63) is 41.6 Å². The molecule has 0 saturated heterocycles. The van der Waals surface area contributed by atoms with Crippen molar-refractivity contribution in [2.24, 2.45) is 0 Å². The second-order valence-electron chi connectivity index (χ2n) is 5.11. The van der Waals surface area contributed by atoms with Gasteiger partial charge < -0.3 is 5.32 Å². The third kappa shape index (κ3) is 5.20. The number of anilines is 1. The van der Waals surface area contributed by atoms with Crippen LogP contribution in [0, 0.1) is 0 Å². The van der Waals surface area contributed by atoms with Gasteiger partial charge in [-0.2, -0.15) is 4.37 Å². The van der Waals surface area contributed by atoms with Crippen LogP contribution in [0.1, 0.15) is 0 Å². The van der Waals surface area contributed by atoms with E-state index in [2.05, 4.69) is 24.9 Å². The third-order valence-electron chi connectivity index (χ3n) is 3.23. The Bertz CT molecular complexity index is 1070. The predicted octanol–water partition coefficient (Wildman–Crippen LogP) is 3.27. The fourth-order valence-electron chi connectivity index (χ4n) is 1.95. The molecule has 1 N–H and O–H groups in total. The van der Waals surface area contributed by atoms with Crippen molar-refractivity contribution in [3.8, 4) is 0 Å². The lowest BCUT2D eigenvalue weighted by molar-refractivity contribution is -0.113. The molecule has 0 atom stereocenters. The number of benzene rings is 1. The molecule has 0 aliphatic carbocycles. The second kappa shape index (κ2) is 9.18. The van der Waals surface area contributed by atoms with Crippen LogP contribution in [0.3, 0.4) is 0 Å². The summed E-state index contributed by atoms with van der Waals surface area (Å²) in [6, 6.07) is 8.44. The highest BCUT2D eigenvalue weighted by Gasteiger charge is 2.20. The first-order chi connectivity index (χ1) is 13.4. The number of hydrogen-bond donors (Lipinski definition) is 1. The molecule has 1 amide bonds. The zero-order valence-electron chi connectivity index (χ0n) is 14.2. The lowest BCUT2D eigenvalue weighted by atomic mass is 10.3. The SMILES string of the molecule is CSc1nsc(SCC(=O)Nc2ccc(S(=O)(=O)c3ccc(Cl)nn3)cc2)n1. The van der Waals surface area contributed by atoms with Crippen molar-refractivity contribution < 1.29 is 13.2 Å². The first-order valence-corrected chi connectivity index (χ1v) is 12.4. The Labute approximate surface area is 178 Å².